The van der Waals surface area contributed by atoms with E-state index >= 15 is 0 Å². The van der Waals surface area contributed by atoms with E-state index in [1.807, 2.05) is 30.3 Å². The van der Waals surface area contributed by atoms with Gasteiger partial charge in [0.05, 0.1) is 24.6 Å². The molecule has 1 atom stereocenters. The Balaban J connectivity index is 1.56. The lowest BCUT2D eigenvalue weighted by Crippen LogP contribution is -2.53. The molecule has 1 unspecified atom stereocenters. The summed E-state index contributed by atoms with van der Waals surface area (Å²) in [6, 6.07) is 9.16. The lowest BCUT2D eigenvalue weighted by molar-refractivity contribution is 0.161. The van der Waals surface area contributed by atoms with E-state index in [4.69, 9.17) is 4.52 Å². The molecule has 0 aliphatic heterocycles. The van der Waals surface area contributed by atoms with Crippen LogP contribution in [0.4, 0.5) is 4.79 Å². The molecule has 1 aromatic carbocycles. The van der Waals surface area contributed by atoms with Crippen LogP contribution >= 0.6 is 0 Å². The minimum absolute atomic E-state index is 0.0434. The zero-order valence-electron chi connectivity index (χ0n) is 14.4. The average Bonchev–Trinajstić information content (AvgIpc) is 3.26. The maximum Gasteiger partial charge on any atom is 0.315 e. The smallest absolute Gasteiger partial charge is 0.315 e. The number of rotatable bonds is 6. The monoisotopic (exact) mass is 344 g/mol. The van der Waals surface area contributed by atoms with Crippen LogP contribution in [0.25, 0.3) is 0 Å². The van der Waals surface area contributed by atoms with Crippen LogP contribution in [0.2, 0.25) is 0 Å². The molecule has 3 rings (SSSR count). The fraction of sp³-hybridized carbons (Fsp3) is 0.500. The number of aliphatic hydroxyl groups excluding tert-OH is 1. The first-order valence-electron chi connectivity index (χ1n) is 8.66. The van der Waals surface area contributed by atoms with Crippen LogP contribution in [-0.4, -0.2) is 33.4 Å². The van der Waals surface area contributed by atoms with E-state index < -0.39 is 5.54 Å². The number of carbonyl (C=O) groups is 1. The van der Waals surface area contributed by atoms with Crippen molar-refractivity contribution < 1.29 is 14.4 Å². The summed E-state index contributed by atoms with van der Waals surface area (Å²) < 4.78 is 5.27. The van der Waals surface area contributed by atoms with E-state index in [-0.39, 0.29) is 18.7 Å². The number of hydrogen-bond acceptors (Lipinski definition) is 5. The third kappa shape index (κ3) is 4.36. The molecule has 25 heavy (non-hydrogen) atoms. The number of nitrogens with one attached hydrogen (secondary N) is 2. The fourth-order valence-electron chi connectivity index (χ4n) is 3.20. The maximum atomic E-state index is 12.2. The molecule has 134 valence electrons. The highest BCUT2D eigenvalue weighted by Gasteiger charge is 2.35. The molecule has 2 aromatic rings. The Kier molecular flexibility index (Phi) is 5.33. The number of amides is 2. The first-order valence-corrected chi connectivity index (χ1v) is 8.66. The van der Waals surface area contributed by atoms with Gasteiger partial charge in [-0.3, -0.25) is 0 Å². The Hall–Kier alpha value is -2.41. The molecular weight excluding hydrogens is 320 g/mol. The summed E-state index contributed by atoms with van der Waals surface area (Å²) in [5.41, 5.74) is 0.585. The number of carbonyl (C=O) groups excluding carboxylic acids is 1. The minimum Gasteiger partial charge on any atom is -0.394 e. The largest absolute Gasteiger partial charge is 0.394 e. The van der Waals surface area contributed by atoms with Gasteiger partial charge in [0, 0.05) is 0 Å². The zero-order chi connectivity index (χ0) is 17.7. The highest BCUT2D eigenvalue weighted by atomic mass is 16.5. The molecule has 0 saturated heterocycles. The minimum atomic E-state index is -0.500. The summed E-state index contributed by atoms with van der Waals surface area (Å²) in [4.78, 5) is 16.6. The molecule has 1 aromatic heterocycles. The molecule has 0 bridgehead atoms. The summed E-state index contributed by atoms with van der Waals surface area (Å²) in [6.45, 7) is 1.76. The second-order valence-electron chi connectivity index (χ2n) is 6.67. The molecule has 1 aliphatic rings. The summed E-state index contributed by atoms with van der Waals surface area (Å²) in [7, 11) is 0. The van der Waals surface area contributed by atoms with E-state index in [1.54, 1.807) is 6.92 Å². The highest BCUT2D eigenvalue weighted by Crippen LogP contribution is 2.29. The number of aliphatic hydroxyl groups is 1. The van der Waals surface area contributed by atoms with Gasteiger partial charge < -0.3 is 20.3 Å². The summed E-state index contributed by atoms with van der Waals surface area (Å²) >= 11 is 0. The summed E-state index contributed by atoms with van der Waals surface area (Å²) in [5.74, 6) is 0.948. The summed E-state index contributed by atoms with van der Waals surface area (Å²) in [5, 5.41) is 19.3. The Morgan fingerprint density at radius 2 is 2.04 bits per heavy atom. The van der Waals surface area contributed by atoms with Crippen molar-refractivity contribution in [3.8, 4) is 0 Å². The maximum absolute atomic E-state index is 12.2. The predicted octanol–water partition coefficient (Wildman–Crippen LogP) is 2.33. The molecule has 3 N–H and O–H groups in total. The topological polar surface area (TPSA) is 100 Å². The van der Waals surface area contributed by atoms with Gasteiger partial charge in [-0.2, -0.15) is 4.98 Å². The van der Waals surface area contributed by atoms with Gasteiger partial charge in [0.25, 0.3) is 0 Å². The predicted molar refractivity (Wildman–Crippen MR) is 91.9 cm³/mol. The van der Waals surface area contributed by atoms with Crippen molar-refractivity contribution in [1.29, 1.82) is 0 Å². The molecule has 1 heterocycles. The van der Waals surface area contributed by atoms with E-state index in [0.717, 1.165) is 31.2 Å². The van der Waals surface area contributed by atoms with Gasteiger partial charge in [-0.25, -0.2) is 4.79 Å². The van der Waals surface area contributed by atoms with E-state index in [9.17, 15) is 9.90 Å². The van der Waals surface area contributed by atoms with E-state index in [0.29, 0.717) is 18.1 Å². The molecule has 0 spiro atoms. The van der Waals surface area contributed by atoms with Crippen LogP contribution in [0.3, 0.4) is 0 Å². The van der Waals surface area contributed by atoms with Crippen LogP contribution in [-0.2, 0) is 6.42 Å². The standard InChI is InChI=1S/C18H24N4O3/c1-13(19-17(24)21-18(12-23)9-5-6-10-18)16-20-15(25-22-16)11-14-7-3-2-4-8-14/h2-4,7-8,13,23H,5-6,9-12H2,1H3,(H2,19,21,24). The lowest BCUT2D eigenvalue weighted by atomic mass is 9.99. The first-order chi connectivity index (χ1) is 12.1. The third-order valence-corrected chi connectivity index (χ3v) is 4.66. The second-order valence-corrected chi connectivity index (χ2v) is 6.67. The molecule has 2 amide bonds. The van der Waals surface area contributed by atoms with Crippen LogP contribution in [0.15, 0.2) is 34.9 Å². The molecule has 0 radical (unpaired) electrons. The van der Waals surface area contributed by atoms with Crippen LogP contribution in [0, 0.1) is 0 Å². The molecule has 7 heteroatoms. The Labute approximate surface area is 146 Å². The van der Waals surface area contributed by atoms with Crippen molar-refractivity contribution in [2.24, 2.45) is 0 Å². The molecule has 1 aliphatic carbocycles. The van der Waals surface area contributed by atoms with Gasteiger partial charge in [-0.05, 0) is 25.3 Å². The quantitative estimate of drug-likeness (QED) is 0.747. The summed E-state index contributed by atoms with van der Waals surface area (Å²) in [6.07, 6.45) is 4.19. The molecule has 1 saturated carbocycles. The van der Waals surface area contributed by atoms with Crippen LogP contribution < -0.4 is 10.6 Å². The second kappa shape index (κ2) is 7.65. The van der Waals surface area contributed by atoms with E-state index in [2.05, 4.69) is 20.8 Å². The van der Waals surface area contributed by atoms with Crippen LogP contribution in [0.5, 0.6) is 0 Å². The third-order valence-electron chi connectivity index (χ3n) is 4.66. The van der Waals surface area contributed by atoms with Gasteiger partial charge in [0.1, 0.15) is 0 Å². The van der Waals surface area contributed by atoms with Crippen molar-refractivity contribution in [3.63, 3.8) is 0 Å². The van der Waals surface area contributed by atoms with Crippen molar-refractivity contribution in [1.82, 2.24) is 20.8 Å². The first kappa shape index (κ1) is 17.4. The Morgan fingerprint density at radius 1 is 1.32 bits per heavy atom. The SMILES string of the molecule is CC(NC(=O)NC1(CO)CCCC1)c1noc(Cc2ccccc2)n1. The van der Waals surface area contributed by atoms with Crippen molar-refractivity contribution in [2.45, 2.75) is 50.6 Å². The van der Waals surface area contributed by atoms with Crippen LogP contribution in [0.1, 0.15) is 55.9 Å². The lowest BCUT2D eigenvalue weighted by Gasteiger charge is -2.28. The van der Waals surface area contributed by atoms with Crippen molar-refractivity contribution in [2.75, 3.05) is 6.61 Å². The number of benzene rings is 1. The molecule has 1 fully saturated rings. The normalized spacial score (nSPS) is 17.2. The number of aromatic nitrogens is 2. The van der Waals surface area contributed by atoms with Gasteiger partial charge >= 0.3 is 6.03 Å². The molecular formula is C18H24N4O3. The Morgan fingerprint density at radius 3 is 2.72 bits per heavy atom. The van der Waals surface area contributed by atoms with Crippen molar-refractivity contribution >= 4 is 6.03 Å². The average molecular weight is 344 g/mol. The number of nitrogens with zero attached hydrogens (tertiary/aromatic N) is 2. The Bertz CT molecular complexity index is 695. The highest BCUT2D eigenvalue weighted by molar-refractivity contribution is 5.75. The van der Waals surface area contributed by atoms with Gasteiger partial charge in [-0.1, -0.05) is 48.3 Å². The number of hydrogen-bond donors (Lipinski definition) is 3. The zero-order valence-corrected chi connectivity index (χ0v) is 14.4. The van der Waals surface area contributed by atoms with Crippen molar-refractivity contribution in [3.05, 3.63) is 47.6 Å². The van der Waals surface area contributed by atoms with Gasteiger partial charge in [0.15, 0.2) is 5.82 Å². The van der Waals surface area contributed by atoms with Gasteiger partial charge in [0.2, 0.25) is 5.89 Å². The number of urea groups is 1. The van der Waals surface area contributed by atoms with E-state index in [1.165, 1.54) is 0 Å². The molecule has 7 nitrogen and oxygen atoms in total. The van der Waals surface area contributed by atoms with Gasteiger partial charge in [-0.15, -0.1) is 0 Å². The fourth-order valence-corrected chi connectivity index (χ4v) is 3.20.